The molecular formula is C16H17BrClNO. The summed E-state index contributed by atoms with van der Waals surface area (Å²) < 4.78 is 1.11. The van der Waals surface area contributed by atoms with Gasteiger partial charge in [0.1, 0.15) is 5.75 Å². The van der Waals surface area contributed by atoms with Gasteiger partial charge < -0.3 is 5.11 Å². The number of halogens is 2. The van der Waals surface area contributed by atoms with Crippen LogP contribution >= 0.6 is 27.5 Å². The summed E-state index contributed by atoms with van der Waals surface area (Å²) >= 11 is 9.72. The van der Waals surface area contributed by atoms with Crippen LogP contribution in [0.1, 0.15) is 18.1 Å². The second kappa shape index (κ2) is 7.11. The summed E-state index contributed by atoms with van der Waals surface area (Å²) in [4.78, 5) is 2.28. The van der Waals surface area contributed by atoms with E-state index >= 15 is 0 Å². The fourth-order valence-corrected chi connectivity index (χ4v) is 2.67. The highest BCUT2D eigenvalue weighted by molar-refractivity contribution is 9.10. The second-order valence-corrected chi connectivity index (χ2v) is 5.88. The lowest BCUT2D eigenvalue weighted by molar-refractivity contribution is 0.270. The molecule has 0 unspecified atom stereocenters. The normalized spacial score (nSPS) is 11.0. The minimum atomic E-state index is 0.140. The van der Waals surface area contributed by atoms with Gasteiger partial charge in [-0.3, -0.25) is 4.90 Å². The van der Waals surface area contributed by atoms with Crippen LogP contribution in [0.15, 0.2) is 46.9 Å². The van der Waals surface area contributed by atoms with Gasteiger partial charge in [-0.05, 0) is 29.8 Å². The molecule has 0 atom stereocenters. The van der Waals surface area contributed by atoms with Crippen molar-refractivity contribution in [1.29, 1.82) is 0 Å². The summed E-state index contributed by atoms with van der Waals surface area (Å²) in [5, 5.41) is 10.1. The molecule has 20 heavy (non-hydrogen) atoms. The van der Waals surface area contributed by atoms with Crippen molar-refractivity contribution in [1.82, 2.24) is 4.90 Å². The summed E-state index contributed by atoms with van der Waals surface area (Å²) in [5.41, 5.74) is 2.19. The number of hydrogen-bond acceptors (Lipinski definition) is 2. The molecule has 0 radical (unpaired) electrons. The summed E-state index contributed by atoms with van der Waals surface area (Å²) in [6, 6.07) is 13.6. The Labute approximate surface area is 133 Å². The molecule has 0 saturated heterocycles. The lowest BCUT2D eigenvalue weighted by atomic mass is 10.1. The fraction of sp³-hybridized carbons (Fsp3) is 0.250. The van der Waals surface area contributed by atoms with E-state index in [4.69, 9.17) is 11.6 Å². The number of rotatable bonds is 5. The first-order chi connectivity index (χ1) is 9.61. The van der Waals surface area contributed by atoms with Crippen LogP contribution in [0.4, 0.5) is 0 Å². The molecule has 0 aliphatic carbocycles. The zero-order chi connectivity index (χ0) is 14.5. The van der Waals surface area contributed by atoms with E-state index in [1.807, 2.05) is 30.3 Å². The predicted octanol–water partition coefficient (Wildman–Crippen LogP) is 4.83. The number of phenolic OH excluding ortho intramolecular Hbond substituents is 1. The van der Waals surface area contributed by atoms with Crippen LogP contribution in [-0.4, -0.2) is 16.6 Å². The van der Waals surface area contributed by atoms with E-state index in [1.54, 1.807) is 6.07 Å². The predicted molar refractivity (Wildman–Crippen MR) is 87.0 cm³/mol. The van der Waals surface area contributed by atoms with E-state index in [0.717, 1.165) is 23.1 Å². The quantitative estimate of drug-likeness (QED) is 0.831. The van der Waals surface area contributed by atoms with Crippen LogP contribution in [-0.2, 0) is 13.1 Å². The van der Waals surface area contributed by atoms with Crippen molar-refractivity contribution in [3.8, 4) is 5.75 Å². The highest BCUT2D eigenvalue weighted by atomic mass is 79.9. The van der Waals surface area contributed by atoms with E-state index in [2.05, 4.69) is 33.8 Å². The van der Waals surface area contributed by atoms with Crippen LogP contribution in [0.2, 0.25) is 5.02 Å². The Kier molecular flexibility index (Phi) is 5.46. The first-order valence-corrected chi connectivity index (χ1v) is 7.71. The SMILES string of the molecule is CCN(Cc1ccccc1Br)Cc1cccc(O)c1Cl. The Bertz CT molecular complexity index is 588. The summed E-state index contributed by atoms with van der Waals surface area (Å²) in [7, 11) is 0. The van der Waals surface area contributed by atoms with Gasteiger partial charge in [-0.1, -0.05) is 64.8 Å². The molecule has 2 nitrogen and oxygen atoms in total. The van der Waals surface area contributed by atoms with Crippen molar-refractivity contribution in [2.24, 2.45) is 0 Å². The van der Waals surface area contributed by atoms with Gasteiger partial charge in [0.25, 0.3) is 0 Å². The molecular weight excluding hydrogens is 338 g/mol. The molecule has 0 amide bonds. The van der Waals surface area contributed by atoms with Crippen LogP contribution < -0.4 is 0 Å². The molecule has 1 N–H and O–H groups in total. The van der Waals surface area contributed by atoms with Gasteiger partial charge in [0.05, 0.1) is 5.02 Å². The molecule has 0 heterocycles. The fourth-order valence-electron chi connectivity index (χ4n) is 2.08. The van der Waals surface area contributed by atoms with Crippen LogP contribution in [0.5, 0.6) is 5.75 Å². The Balaban J connectivity index is 2.14. The van der Waals surface area contributed by atoms with Crippen molar-refractivity contribution in [3.05, 3.63) is 63.1 Å². The van der Waals surface area contributed by atoms with E-state index in [9.17, 15) is 5.11 Å². The molecule has 2 aromatic carbocycles. The van der Waals surface area contributed by atoms with Gasteiger partial charge >= 0.3 is 0 Å². The first kappa shape index (κ1) is 15.4. The Morgan fingerprint density at radius 2 is 1.70 bits per heavy atom. The molecule has 4 heteroatoms. The molecule has 0 bridgehead atoms. The van der Waals surface area contributed by atoms with Crippen LogP contribution in [0.25, 0.3) is 0 Å². The van der Waals surface area contributed by atoms with E-state index in [-0.39, 0.29) is 5.75 Å². The van der Waals surface area contributed by atoms with E-state index in [0.29, 0.717) is 11.6 Å². The maximum Gasteiger partial charge on any atom is 0.134 e. The topological polar surface area (TPSA) is 23.5 Å². The number of nitrogens with zero attached hydrogens (tertiary/aromatic N) is 1. The number of aromatic hydroxyl groups is 1. The van der Waals surface area contributed by atoms with Crippen molar-refractivity contribution in [2.75, 3.05) is 6.54 Å². The molecule has 0 aliphatic heterocycles. The molecule has 2 aromatic rings. The van der Waals surface area contributed by atoms with Crippen molar-refractivity contribution in [2.45, 2.75) is 20.0 Å². The highest BCUT2D eigenvalue weighted by Crippen LogP contribution is 2.28. The average Bonchev–Trinajstić information content (AvgIpc) is 2.45. The third-order valence-corrected chi connectivity index (χ3v) is 4.46. The molecule has 0 aromatic heterocycles. The van der Waals surface area contributed by atoms with Crippen molar-refractivity contribution in [3.63, 3.8) is 0 Å². The standard InChI is InChI=1S/C16H17BrClNO/c1-2-19(10-12-6-3-4-8-14(12)17)11-13-7-5-9-15(20)16(13)18/h3-9,20H,2,10-11H2,1H3. The monoisotopic (exact) mass is 353 g/mol. The average molecular weight is 355 g/mol. The summed E-state index contributed by atoms with van der Waals surface area (Å²) in [6.45, 7) is 4.58. The zero-order valence-corrected chi connectivity index (χ0v) is 13.7. The summed E-state index contributed by atoms with van der Waals surface area (Å²) in [6.07, 6.45) is 0. The van der Waals surface area contributed by atoms with Crippen molar-refractivity contribution < 1.29 is 5.11 Å². The minimum Gasteiger partial charge on any atom is -0.506 e. The van der Waals surface area contributed by atoms with E-state index in [1.165, 1.54) is 5.56 Å². The molecule has 0 saturated carbocycles. The second-order valence-electron chi connectivity index (χ2n) is 4.64. The lowest BCUT2D eigenvalue weighted by Gasteiger charge is -2.22. The molecule has 0 spiro atoms. The van der Waals surface area contributed by atoms with Gasteiger partial charge in [0.2, 0.25) is 0 Å². The number of phenols is 1. The lowest BCUT2D eigenvalue weighted by Crippen LogP contribution is -2.22. The van der Waals surface area contributed by atoms with E-state index < -0.39 is 0 Å². The molecule has 0 fully saturated rings. The van der Waals surface area contributed by atoms with Crippen LogP contribution in [0, 0.1) is 0 Å². The molecule has 0 aliphatic rings. The minimum absolute atomic E-state index is 0.140. The molecule has 2 rings (SSSR count). The largest absolute Gasteiger partial charge is 0.506 e. The van der Waals surface area contributed by atoms with Gasteiger partial charge in [0.15, 0.2) is 0 Å². The Morgan fingerprint density at radius 3 is 2.40 bits per heavy atom. The van der Waals surface area contributed by atoms with Crippen molar-refractivity contribution >= 4 is 27.5 Å². The van der Waals surface area contributed by atoms with Gasteiger partial charge in [-0.2, -0.15) is 0 Å². The highest BCUT2D eigenvalue weighted by Gasteiger charge is 2.11. The Morgan fingerprint density at radius 1 is 1.05 bits per heavy atom. The Hall–Kier alpha value is -1.03. The number of benzene rings is 2. The van der Waals surface area contributed by atoms with Gasteiger partial charge in [0, 0.05) is 17.6 Å². The first-order valence-electron chi connectivity index (χ1n) is 6.54. The third kappa shape index (κ3) is 3.75. The summed E-state index contributed by atoms with van der Waals surface area (Å²) in [5.74, 6) is 0.140. The third-order valence-electron chi connectivity index (χ3n) is 3.25. The smallest absolute Gasteiger partial charge is 0.134 e. The van der Waals surface area contributed by atoms with Crippen LogP contribution in [0.3, 0.4) is 0 Å². The maximum atomic E-state index is 9.66. The zero-order valence-electron chi connectivity index (χ0n) is 11.3. The van der Waals surface area contributed by atoms with Gasteiger partial charge in [-0.15, -0.1) is 0 Å². The maximum absolute atomic E-state index is 9.66. The number of hydrogen-bond donors (Lipinski definition) is 1. The van der Waals surface area contributed by atoms with Gasteiger partial charge in [-0.25, -0.2) is 0 Å². The molecule has 106 valence electrons.